The zero-order valence-corrected chi connectivity index (χ0v) is 17.3. The van der Waals surface area contributed by atoms with Crippen LogP contribution >= 0.6 is 11.3 Å². The minimum absolute atomic E-state index is 0.00813. The van der Waals surface area contributed by atoms with E-state index in [0.29, 0.717) is 11.7 Å². The molecule has 28 heavy (non-hydrogen) atoms. The zero-order valence-electron chi connectivity index (χ0n) is 16.5. The Morgan fingerprint density at radius 1 is 1.36 bits per heavy atom. The Kier molecular flexibility index (Phi) is 5.06. The monoisotopic (exact) mass is 395 g/mol. The first-order chi connectivity index (χ1) is 13.4. The summed E-state index contributed by atoms with van der Waals surface area (Å²) in [6.07, 6.45) is 3.04. The van der Waals surface area contributed by atoms with Crippen LogP contribution < -0.4 is 10.9 Å². The van der Waals surface area contributed by atoms with Crippen LogP contribution in [0.3, 0.4) is 0 Å². The molecule has 146 valence electrons. The van der Waals surface area contributed by atoms with Crippen LogP contribution in [-0.2, 0) is 24.2 Å². The van der Waals surface area contributed by atoms with Crippen molar-refractivity contribution >= 4 is 27.5 Å². The third-order valence-corrected chi connectivity index (χ3v) is 6.73. The largest absolute Gasteiger partial charge is 0.348 e. The second kappa shape index (κ2) is 7.51. The molecule has 1 amide bonds. The van der Waals surface area contributed by atoms with Crippen molar-refractivity contribution in [1.29, 1.82) is 0 Å². The summed E-state index contributed by atoms with van der Waals surface area (Å²) < 4.78 is 1.51. The van der Waals surface area contributed by atoms with Crippen molar-refractivity contribution in [2.24, 2.45) is 5.92 Å². The topological polar surface area (TPSA) is 64.0 Å². The number of nitrogens with zero attached hydrogens (tertiary/aromatic N) is 2. The first-order valence-corrected chi connectivity index (χ1v) is 10.6. The predicted molar refractivity (Wildman–Crippen MR) is 113 cm³/mol. The lowest BCUT2D eigenvalue weighted by Gasteiger charge is -2.18. The summed E-state index contributed by atoms with van der Waals surface area (Å²) >= 11 is 1.64. The van der Waals surface area contributed by atoms with Gasteiger partial charge in [0.05, 0.1) is 11.4 Å². The molecule has 2 heterocycles. The molecule has 0 bridgehead atoms. The number of carbonyl (C=O) groups excluding carboxylic acids is 1. The zero-order chi connectivity index (χ0) is 19.8. The van der Waals surface area contributed by atoms with E-state index in [4.69, 9.17) is 0 Å². The summed E-state index contributed by atoms with van der Waals surface area (Å²) in [5.74, 6) is 1.06. The normalized spacial score (nSPS) is 17.3. The fourth-order valence-corrected chi connectivity index (χ4v) is 5.39. The van der Waals surface area contributed by atoms with Gasteiger partial charge in [-0.3, -0.25) is 14.2 Å². The van der Waals surface area contributed by atoms with Gasteiger partial charge in [-0.25, -0.2) is 4.98 Å². The highest BCUT2D eigenvalue weighted by molar-refractivity contribution is 7.18. The van der Waals surface area contributed by atoms with Crippen LogP contribution in [0.4, 0.5) is 0 Å². The number of amides is 1. The van der Waals surface area contributed by atoms with Gasteiger partial charge in [0, 0.05) is 4.88 Å². The Labute approximate surface area is 168 Å². The van der Waals surface area contributed by atoms with Gasteiger partial charge in [0.25, 0.3) is 5.56 Å². The van der Waals surface area contributed by atoms with Gasteiger partial charge < -0.3 is 5.32 Å². The Hall–Kier alpha value is -2.47. The minimum Gasteiger partial charge on any atom is -0.348 e. The first-order valence-electron chi connectivity index (χ1n) is 9.80. The Morgan fingerprint density at radius 2 is 2.11 bits per heavy atom. The quantitative estimate of drug-likeness (QED) is 0.731. The van der Waals surface area contributed by atoms with Crippen molar-refractivity contribution in [1.82, 2.24) is 14.9 Å². The van der Waals surface area contributed by atoms with E-state index < -0.39 is 0 Å². The SMILES string of the molecule is Cc1nc2sc3c(c2c(=O)n1CC(=O)NC(C)c1ccccc1)CCC(C)C3. The Morgan fingerprint density at radius 3 is 2.86 bits per heavy atom. The summed E-state index contributed by atoms with van der Waals surface area (Å²) in [5, 5.41) is 3.71. The van der Waals surface area contributed by atoms with Gasteiger partial charge >= 0.3 is 0 Å². The number of carbonyl (C=O) groups is 1. The van der Waals surface area contributed by atoms with Gasteiger partial charge in [-0.15, -0.1) is 11.3 Å². The van der Waals surface area contributed by atoms with Crippen LogP contribution in [0.5, 0.6) is 0 Å². The molecule has 1 N–H and O–H groups in total. The van der Waals surface area contributed by atoms with Crippen molar-refractivity contribution in [2.45, 2.75) is 52.6 Å². The highest BCUT2D eigenvalue weighted by Gasteiger charge is 2.24. The fourth-order valence-electron chi connectivity index (χ4n) is 3.97. The smallest absolute Gasteiger partial charge is 0.263 e. The van der Waals surface area contributed by atoms with E-state index in [9.17, 15) is 9.59 Å². The van der Waals surface area contributed by atoms with Crippen LogP contribution in [0, 0.1) is 12.8 Å². The van der Waals surface area contributed by atoms with E-state index in [1.54, 1.807) is 18.3 Å². The second-order valence-electron chi connectivity index (χ2n) is 7.78. The molecule has 0 spiro atoms. The van der Waals surface area contributed by atoms with Gasteiger partial charge in [0.15, 0.2) is 0 Å². The maximum atomic E-state index is 13.2. The first kappa shape index (κ1) is 18.9. The van der Waals surface area contributed by atoms with Crippen molar-refractivity contribution < 1.29 is 4.79 Å². The van der Waals surface area contributed by atoms with Gasteiger partial charge in [-0.05, 0) is 50.2 Å². The summed E-state index contributed by atoms with van der Waals surface area (Å²) in [7, 11) is 0. The summed E-state index contributed by atoms with van der Waals surface area (Å²) in [4.78, 5) is 32.6. The molecule has 6 heteroatoms. The highest BCUT2D eigenvalue weighted by atomic mass is 32.1. The minimum atomic E-state index is -0.180. The molecule has 2 atom stereocenters. The lowest BCUT2D eigenvalue weighted by Crippen LogP contribution is -2.35. The van der Waals surface area contributed by atoms with Gasteiger partial charge in [0.2, 0.25) is 5.91 Å². The van der Waals surface area contributed by atoms with E-state index in [2.05, 4.69) is 17.2 Å². The Bertz CT molecular complexity index is 1080. The van der Waals surface area contributed by atoms with Gasteiger partial charge in [0.1, 0.15) is 17.2 Å². The molecule has 2 aromatic heterocycles. The number of fused-ring (bicyclic) bond motifs is 3. The lowest BCUT2D eigenvalue weighted by atomic mass is 9.89. The molecule has 0 saturated carbocycles. The van der Waals surface area contributed by atoms with Crippen molar-refractivity contribution in [3.63, 3.8) is 0 Å². The molecule has 0 aliphatic heterocycles. The maximum Gasteiger partial charge on any atom is 0.263 e. The fraction of sp³-hybridized carbons (Fsp3) is 0.409. The average molecular weight is 396 g/mol. The number of rotatable bonds is 4. The number of aromatic nitrogens is 2. The van der Waals surface area contributed by atoms with Crippen molar-refractivity contribution in [3.8, 4) is 0 Å². The average Bonchev–Trinajstić information content (AvgIpc) is 3.02. The second-order valence-corrected chi connectivity index (χ2v) is 8.87. The molecule has 0 fully saturated rings. The van der Waals surface area contributed by atoms with E-state index >= 15 is 0 Å². The van der Waals surface area contributed by atoms with Crippen LogP contribution in [0.2, 0.25) is 0 Å². The van der Waals surface area contributed by atoms with Crippen LogP contribution in [0.1, 0.15) is 48.1 Å². The third kappa shape index (κ3) is 3.49. The molecule has 0 radical (unpaired) electrons. The Balaban J connectivity index is 1.62. The molecule has 5 nitrogen and oxygen atoms in total. The molecule has 3 aromatic rings. The number of benzene rings is 1. The van der Waals surface area contributed by atoms with Crippen LogP contribution in [0.15, 0.2) is 35.1 Å². The van der Waals surface area contributed by atoms with Gasteiger partial charge in [-0.2, -0.15) is 0 Å². The molecule has 4 rings (SSSR count). The molecule has 1 aliphatic carbocycles. The van der Waals surface area contributed by atoms with Crippen molar-refractivity contribution in [3.05, 3.63) is 62.5 Å². The maximum absolute atomic E-state index is 13.2. The molecule has 2 unspecified atom stereocenters. The van der Waals surface area contributed by atoms with E-state index in [1.165, 1.54) is 9.44 Å². The van der Waals surface area contributed by atoms with Crippen molar-refractivity contribution in [2.75, 3.05) is 0 Å². The molecule has 0 saturated heterocycles. The van der Waals surface area contributed by atoms with E-state index in [1.807, 2.05) is 37.3 Å². The number of thiophene rings is 1. The predicted octanol–water partition coefficient (Wildman–Crippen LogP) is 3.77. The number of hydrogen-bond acceptors (Lipinski definition) is 4. The third-order valence-electron chi connectivity index (χ3n) is 5.58. The number of hydrogen-bond donors (Lipinski definition) is 1. The lowest BCUT2D eigenvalue weighted by molar-refractivity contribution is -0.122. The molecule has 1 aromatic carbocycles. The number of nitrogens with one attached hydrogen (secondary N) is 1. The summed E-state index contributed by atoms with van der Waals surface area (Å²) in [6, 6.07) is 9.69. The van der Waals surface area contributed by atoms with Crippen LogP contribution in [-0.4, -0.2) is 15.5 Å². The van der Waals surface area contributed by atoms with E-state index in [0.717, 1.165) is 40.6 Å². The number of aryl methyl sites for hydroxylation is 2. The molecular weight excluding hydrogens is 370 g/mol. The highest BCUT2D eigenvalue weighted by Crippen LogP contribution is 2.35. The van der Waals surface area contributed by atoms with Crippen LogP contribution in [0.25, 0.3) is 10.2 Å². The molecular formula is C22H25N3O2S. The summed E-state index contributed by atoms with van der Waals surface area (Å²) in [5.41, 5.74) is 2.11. The summed E-state index contributed by atoms with van der Waals surface area (Å²) in [6.45, 7) is 5.99. The van der Waals surface area contributed by atoms with Gasteiger partial charge in [-0.1, -0.05) is 37.3 Å². The van der Waals surface area contributed by atoms with E-state index in [-0.39, 0.29) is 24.1 Å². The molecule has 1 aliphatic rings. The standard InChI is InChI=1S/C22H25N3O2S/c1-13-9-10-17-18(11-13)28-21-20(17)22(27)25(15(3)24-21)12-19(26)23-14(2)16-7-5-4-6-8-16/h4-8,13-14H,9-12H2,1-3H3,(H,23,26).